The summed E-state index contributed by atoms with van der Waals surface area (Å²) in [6.07, 6.45) is 0. The minimum absolute atomic E-state index is 0.0143. The van der Waals surface area contributed by atoms with Crippen molar-refractivity contribution in [2.75, 3.05) is 64.1 Å². The van der Waals surface area contributed by atoms with Crippen molar-refractivity contribution in [3.8, 4) is 0 Å². The van der Waals surface area contributed by atoms with Crippen LogP contribution in [0.2, 0.25) is 0 Å². The van der Waals surface area contributed by atoms with Gasteiger partial charge >= 0.3 is 0 Å². The van der Waals surface area contributed by atoms with Crippen LogP contribution in [0.1, 0.15) is 5.56 Å². The number of carbonyl (C=O) groups excluding carboxylic acids is 1. The molecular weight excluding hydrogens is 384 g/mol. The van der Waals surface area contributed by atoms with E-state index < -0.39 is 0 Å². The van der Waals surface area contributed by atoms with Gasteiger partial charge in [-0.15, -0.1) is 11.3 Å². The number of hydrogen-bond donors (Lipinski definition) is 2. The monoisotopic (exact) mass is 414 g/mol. The molecular formula is C21H30N6OS. The molecule has 1 aliphatic rings. The van der Waals surface area contributed by atoms with Crippen molar-refractivity contribution >= 4 is 33.9 Å². The van der Waals surface area contributed by atoms with Gasteiger partial charge in [-0.05, 0) is 49.3 Å². The highest BCUT2D eigenvalue weighted by molar-refractivity contribution is 7.14. The molecule has 2 aromatic rings. The second-order valence-electron chi connectivity index (χ2n) is 7.31. The summed E-state index contributed by atoms with van der Waals surface area (Å²) in [5, 5.41) is 9.86. The van der Waals surface area contributed by atoms with Gasteiger partial charge in [0, 0.05) is 45.5 Å². The van der Waals surface area contributed by atoms with Crippen molar-refractivity contribution in [2.24, 2.45) is 4.99 Å². The number of piperazine rings is 1. The van der Waals surface area contributed by atoms with Crippen molar-refractivity contribution in [2.45, 2.75) is 6.54 Å². The lowest BCUT2D eigenvalue weighted by Gasteiger charge is -2.37. The molecule has 1 aromatic carbocycles. The van der Waals surface area contributed by atoms with Crippen LogP contribution in [0, 0.1) is 0 Å². The lowest BCUT2D eigenvalue weighted by atomic mass is 10.2. The first-order valence-corrected chi connectivity index (χ1v) is 10.7. The molecule has 156 valence electrons. The second kappa shape index (κ2) is 10.3. The average molecular weight is 415 g/mol. The number of thiophene rings is 1. The first-order valence-electron chi connectivity index (χ1n) is 9.82. The number of nitrogens with zero attached hydrogens (tertiary/aromatic N) is 4. The van der Waals surface area contributed by atoms with Gasteiger partial charge in [-0.3, -0.25) is 9.79 Å². The lowest BCUT2D eigenvalue weighted by molar-refractivity contribution is -0.116. The number of nitrogens with one attached hydrogen (secondary N) is 2. The highest BCUT2D eigenvalue weighted by Gasteiger charge is 2.20. The van der Waals surface area contributed by atoms with Gasteiger partial charge in [0.1, 0.15) is 0 Å². The zero-order chi connectivity index (χ0) is 20.6. The fourth-order valence-corrected chi connectivity index (χ4v) is 4.13. The lowest BCUT2D eigenvalue weighted by Crippen LogP contribution is -2.52. The van der Waals surface area contributed by atoms with Crippen LogP contribution in [0.3, 0.4) is 0 Å². The van der Waals surface area contributed by atoms with E-state index >= 15 is 0 Å². The van der Waals surface area contributed by atoms with Crippen LogP contribution < -0.4 is 15.5 Å². The third kappa shape index (κ3) is 6.20. The quantitative estimate of drug-likeness (QED) is 0.560. The van der Waals surface area contributed by atoms with Crippen LogP contribution in [0.25, 0.3) is 0 Å². The Kier molecular flexibility index (Phi) is 7.48. The van der Waals surface area contributed by atoms with E-state index in [0.717, 1.165) is 43.4 Å². The molecule has 1 fully saturated rings. The van der Waals surface area contributed by atoms with Crippen molar-refractivity contribution in [1.82, 2.24) is 15.1 Å². The number of carbonyl (C=O) groups is 1. The Labute approximate surface area is 177 Å². The van der Waals surface area contributed by atoms with Gasteiger partial charge < -0.3 is 25.3 Å². The number of benzene rings is 1. The summed E-state index contributed by atoms with van der Waals surface area (Å²) in [7, 11) is 5.59. The summed E-state index contributed by atoms with van der Waals surface area (Å²) in [5.74, 6) is 0.900. The smallest absolute Gasteiger partial charge is 0.238 e. The molecule has 1 aromatic heterocycles. The number of rotatable bonds is 6. The Balaban J connectivity index is 1.51. The van der Waals surface area contributed by atoms with Crippen LogP contribution >= 0.6 is 11.3 Å². The molecule has 0 aliphatic carbocycles. The van der Waals surface area contributed by atoms with Crippen LogP contribution in [-0.4, -0.2) is 75.5 Å². The topological polar surface area (TPSA) is 63.2 Å². The minimum atomic E-state index is -0.0143. The first-order chi connectivity index (χ1) is 14.0. The zero-order valence-electron chi connectivity index (χ0n) is 17.4. The Morgan fingerprint density at radius 3 is 2.62 bits per heavy atom. The third-order valence-corrected chi connectivity index (χ3v) is 5.66. The summed E-state index contributed by atoms with van der Waals surface area (Å²) in [4.78, 5) is 23.0. The van der Waals surface area contributed by atoms with Gasteiger partial charge in [0.15, 0.2) is 5.96 Å². The Hall–Kier alpha value is -2.58. The van der Waals surface area contributed by atoms with Crippen LogP contribution in [0.15, 0.2) is 46.8 Å². The average Bonchev–Trinajstić information content (AvgIpc) is 3.23. The van der Waals surface area contributed by atoms with Crippen LogP contribution in [0.5, 0.6) is 0 Å². The maximum absolute atomic E-state index is 12.0. The van der Waals surface area contributed by atoms with Crippen LogP contribution in [-0.2, 0) is 11.3 Å². The van der Waals surface area contributed by atoms with Crippen molar-refractivity contribution < 1.29 is 4.79 Å². The fraction of sp³-hybridized carbons (Fsp3) is 0.429. The Bertz CT molecular complexity index is 812. The Morgan fingerprint density at radius 1 is 1.17 bits per heavy atom. The molecule has 1 aliphatic heterocycles. The van der Waals surface area contributed by atoms with Gasteiger partial charge in [0.2, 0.25) is 5.91 Å². The number of anilines is 2. The molecule has 7 nitrogen and oxygen atoms in total. The number of likely N-dealkylation sites (N-methyl/N-ethyl adjacent to an activating group) is 1. The largest absolute Gasteiger partial charge is 0.360 e. The predicted molar refractivity (Wildman–Crippen MR) is 122 cm³/mol. The maximum Gasteiger partial charge on any atom is 0.238 e. The van der Waals surface area contributed by atoms with Crippen LogP contribution in [0.4, 0.5) is 10.7 Å². The summed E-state index contributed by atoms with van der Waals surface area (Å²) < 4.78 is 0. The van der Waals surface area contributed by atoms with Gasteiger partial charge in [0.05, 0.1) is 11.5 Å². The maximum atomic E-state index is 12.0. The molecule has 0 unspecified atom stereocenters. The van der Waals surface area contributed by atoms with Gasteiger partial charge in [-0.25, -0.2) is 0 Å². The van der Waals surface area contributed by atoms with Gasteiger partial charge in [0.25, 0.3) is 0 Å². The van der Waals surface area contributed by atoms with E-state index in [1.165, 1.54) is 5.00 Å². The summed E-state index contributed by atoms with van der Waals surface area (Å²) in [6, 6.07) is 12.2. The van der Waals surface area contributed by atoms with E-state index in [1.807, 2.05) is 44.2 Å². The normalized spacial score (nSPS) is 15.0. The van der Waals surface area contributed by atoms with E-state index in [0.29, 0.717) is 13.1 Å². The third-order valence-electron chi connectivity index (χ3n) is 4.73. The van der Waals surface area contributed by atoms with Gasteiger partial charge in [-0.2, -0.15) is 0 Å². The summed E-state index contributed by atoms with van der Waals surface area (Å²) in [6.45, 7) is 4.90. The SMILES string of the molecule is CN=C(NCc1cccc(NC(=O)CN(C)C)c1)N1CCN(c2cccs2)CC1. The molecule has 8 heteroatoms. The summed E-state index contributed by atoms with van der Waals surface area (Å²) in [5.41, 5.74) is 1.92. The molecule has 29 heavy (non-hydrogen) atoms. The molecule has 0 bridgehead atoms. The molecule has 2 N–H and O–H groups in total. The number of hydrogen-bond acceptors (Lipinski definition) is 5. The first kappa shape index (κ1) is 21.1. The molecule has 1 amide bonds. The molecule has 0 radical (unpaired) electrons. The number of aliphatic imine (C=N–C) groups is 1. The fourth-order valence-electron chi connectivity index (χ4n) is 3.35. The molecule has 3 rings (SSSR count). The zero-order valence-corrected chi connectivity index (χ0v) is 18.2. The number of amides is 1. The summed E-state index contributed by atoms with van der Waals surface area (Å²) >= 11 is 1.79. The highest BCUT2D eigenvalue weighted by atomic mass is 32.1. The number of guanidine groups is 1. The molecule has 0 atom stereocenters. The van der Waals surface area contributed by atoms with E-state index in [-0.39, 0.29) is 5.91 Å². The standard InChI is InChI=1S/C21H30N6OS/c1-22-21(27-11-9-26(10-12-27)20-8-5-13-29-20)23-15-17-6-4-7-18(14-17)24-19(28)16-25(2)3/h4-8,13-14H,9-12,15-16H2,1-3H3,(H,22,23)(H,24,28). The van der Waals surface area contributed by atoms with Crippen molar-refractivity contribution in [1.29, 1.82) is 0 Å². The molecule has 2 heterocycles. The highest BCUT2D eigenvalue weighted by Crippen LogP contribution is 2.22. The van der Waals surface area contributed by atoms with E-state index in [1.54, 1.807) is 11.3 Å². The Morgan fingerprint density at radius 2 is 1.97 bits per heavy atom. The van der Waals surface area contributed by atoms with Crippen molar-refractivity contribution in [3.05, 3.63) is 47.3 Å². The molecule has 0 saturated carbocycles. The predicted octanol–water partition coefficient (Wildman–Crippen LogP) is 2.15. The van der Waals surface area contributed by atoms with E-state index in [9.17, 15) is 4.79 Å². The molecule has 0 spiro atoms. The minimum Gasteiger partial charge on any atom is -0.360 e. The van der Waals surface area contributed by atoms with Crippen molar-refractivity contribution in [3.63, 3.8) is 0 Å². The van der Waals surface area contributed by atoms with E-state index in [2.05, 4.69) is 49.0 Å². The second-order valence-corrected chi connectivity index (χ2v) is 8.24. The molecule has 1 saturated heterocycles. The van der Waals surface area contributed by atoms with E-state index in [4.69, 9.17) is 0 Å². The van der Waals surface area contributed by atoms with Gasteiger partial charge in [-0.1, -0.05) is 12.1 Å².